The van der Waals surface area contributed by atoms with Gasteiger partial charge in [-0.1, -0.05) is 6.07 Å². The van der Waals surface area contributed by atoms with Crippen LogP contribution in [0, 0.1) is 11.3 Å². The van der Waals surface area contributed by atoms with E-state index in [0.717, 1.165) is 6.54 Å². The Morgan fingerprint density at radius 2 is 2.35 bits per heavy atom. The normalized spacial score (nSPS) is 9.88. The lowest BCUT2D eigenvalue weighted by Crippen LogP contribution is -2.19. The zero-order chi connectivity index (χ0) is 12.3. The quantitative estimate of drug-likeness (QED) is 0.899. The second-order valence-corrected chi connectivity index (χ2v) is 4.68. The van der Waals surface area contributed by atoms with Crippen LogP contribution in [0.4, 0.5) is 11.5 Å². The van der Waals surface area contributed by atoms with Gasteiger partial charge in [-0.05, 0) is 17.5 Å². The van der Waals surface area contributed by atoms with Crippen LogP contribution in [-0.2, 0) is 6.54 Å². The van der Waals surface area contributed by atoms with Crippen molar-refractivity contribution in [2.45, 2.75) is 6.54 Å². The Bertz CT molecular complexity index is 542. The Labute approximate surface area is 104 Å². The Morgan fingerprint density at radius 1 is 1.53 bits per heavy atom. The number of hydrogen-bond acceptors (Lipinski definition) is 5. The number of nitriles is 1. The maximum Gasteiger partial charge on any atom is 0.153 e. The van der Waals surface area contributed by atoms with Gasteiger partial charge in [0.05, 0.1) is 17.8 Å². The summed E-state index contributed by atoms with van der Waals surface area (Å²) >= 11 is 1.69. The summed E-state index contributed by atoms with van der Waals surface area (Å²) in [7, 11) is 1.92. The van der Waals surface area contributed by atoms with Gasteiger partial charge in [-0.15, -0.1) is 11.3 Å². The predicted molar refractivity (Wildman–Crippen MR) is 69.8 cm³/mol. The fraction of sp³-hybridized carbons (Fsp3) is 0.167. The van der Waals surface area contributed by atoms with Gasteiger partial charge in [-0.2, -0.15) is 5.26 Å². The lowest BCUT2D eigenvalue weighted by Gasteiger charge is -2.19. The van der Waals surface area contributed by atoms with E-state index in [0.29, 0.717) is 17.1 Å². The number of nitrogens with zero attached hydrogens (tertiary/aromatic N) is 3. The minimum Gasteiger partial charge on any atom is -0.395 e. The van der Waals surface area contributed by atoms with Crippen molar-refractivity contribution < 1.29 is 0 Å². The monoisotopic (exact) mass is 244 g/mol. The van der Waals surface area contributed by atoms with E-state index in [9.17, 15) is 0 Å². The van der Waals surface area contributed by atoms with E-state index in [-0.39, 0.29) is 0 Å². The largest absolute Gasteiger partial charge is 0.395 e. The molecule has 0 bridgehead atoms. The molecule has 2 aromatic rings. The minimum absolute atomic E-state index is 0.439. The molecule has 0 amide bonds. The highest BCUT2D eigenvalue weighted by atomic mass is 32.1. The molecule has 17 heavy (non-hydrogen) atoms. The van der Waals surface area contributed by atoms with Crippen molar-refractivity contribution in [1.82, 2.24) is 4.98 Å². The van der Waals surface area contributed by atoms with Crippen LogP contribution in [0.3, 0.4) is 0 Å². The van der Waals surface area contributed by atoms with E-state index in [4.69, 9.17) is 11.0 Å². The topological polar surface area (TPSA) is 65.9 Å². The van der Waals surface area contributed by atoms with Gasteiger partial charge in [0, 0.05) is 18.1 Å². The fourth-order valence-electron chi connectivity index (χ4n) is 1.58. The summed E-state index contributed by atoms with van der Waals surface area (Å²) in [6, 6.07) is 7.75. The molecule has 0 saturated carbocycles. The SMILES string of the molecule is CN(Cc1cccs1)c1nccc(C#N)c1N. The van der Waals surface area contributed by atoms with E-state index in [1.54, 1.807) is 23.6 Å². The van der Waals surface area contributed by atoms with Crippen molar-refractivity contribution in [1.29, 1.82) is 5.26 Å². The highest BCUT2D eigenvalue weighted by Crippen LogP contribution is 2.24. The molecule has 2 heterocycles. The Balaban J connectivity index is 2.25. The molecule has 0 atom stereocenters. The Hall–Kier alpha value is -2.06. The molecule has 4 nitrogen and oxygen atoms in total. The van der Waals surface area contributed by atoms with Crippen LogP contribution in [0.1, 0.15) is 10.4 Å². The van der Waals surface area contributed by atoms with Crippen LogP contribution in [0.25, 0.3) is 0 Å². The maximum absolute atomic E-state index is 8.91. The molecule has 86 valence electrons. The Morgan fingerprint density at radius 3 is 3.00 bits per heavy atom. The number of rotatable bonds is 3. The van der Waals surface area contributed by atoms with Gasteiger partial charge in [0.15, 0.2) is 5.82 Å². The molecule has 0 saturated heterocycles. The van der Waals surface area contributed by atoms with Gasteiger partial charge in [0.25, 0.3) is 0 Å². The van der Waals surface area contributed by atoms with E-state index in [1.807, 2.05) is 23.4 Å². The predicted octanol–water partition coefficient (Wildman–Crippen LogP) is 2.23. The van der Waals surface area contributed by atoms with E-state index in [1.165, 1.54) is 4.88 Å². The maximum atomic E-state index is 8.91. The summed E-state index contributed by atoms with van der Waals surface area (Å²) in [5, 5.41) is 10.9. The molecular weight excluding hydrogens is 232 g/mol. The lowest BCUT2D eigenvalue weighted by atomic mass is 10.2. The van der Waals surface area contributed by atoms with Gasteiger partial charge in [0.2, 0.25) is 0 Å². The molecule has 2 rings (SSSR count). The van der Waals surface area contributed by atoms with E-state index < -0.39 is 0 Å². The van der Waals surface area contributed by atoms with E-state index >= 15 is 0 Å². The van der Waals surface area contributed by atoms with E-state index in [2.05, 4.69) is 17.1 Å². The molecule has 0 unspecified atom stereocenters. The van der Waals surface area contributed by atoms with Crippen LogP contribution >= 0.6 is 11.3 Å². The molecule has 5 heteroatoms. The molecule has 0 fully saturated rings. The third-order valence-electron chi connectivity index (χ3n) is 2.42. The standard InChI is InChI=1S/C12H12N4S/c1-16(8-10-3-2-6-17-10)12-11(14)9(7-13)4-5-15-12/h2-6H,8,14H2,1H3. The highest BCUT2D eigenvalue weighted by molar-refractivity contribution is 7.09. The number of thiophene rings is 1. The summed E-state index contributed by atoms with van der Waals surface area (Å²) < 4.78 is 0. The van der Waals surface area contributed by atoms with Crippen LogP contribution in [-0.4, -0.2) is 12.0 Å². The van der Waals surface area contributed by atoms with Crippen molar-refractivity contribution in [2.75, 3.05) is 17.7 Å². The number of nitrogen functional groups attached to an aromatic ring is 1. The molecule has 2 aromatic heterocycles. The number of aromatic nitrogens is 1. The molecule has 0 aliphatic rings. The van der Waals surface area contributed by atoms with Crippen LogP contribution in [0.5, 0.6) is 0 Å². The first-order valence-electron chi connectivity index (χ1n) is 5.10. The summed E-state index contributed by atoms with van der Waals surface area (Å²) in [5.41, 5.74) is 6.81. The zero-order valence-corrected chi connectivity index (χ0v) is 10.2. The summed E-state index contributed by atoms with van der Waals surface area (Å²) in [6.07, 6.45) is 1.61. The molecule has 0 aliphatic heterocycles. The summed E-state index contributed by atoms with van der Waals surface area (Å²) in [5.74, 6) is 0.650. The van der Waals surface area contributed by atoms with Crippen molar-refractivity contribution in [3.05, 3.63) is 40.2 Å². The second kappa shape index (κ2) is 4.85. The summed E-state index contributed by atoms with van der Waals surface area (Å²) in [4.78, 5) is 7.40. The number of nitrogens with two attached hydrogens (primary N) is 1. The van der Waals surface area contributed by atoms with Gasteiger partial charge in [0.1, 0.15) is 6.07 Å². The highest BCUT2D eigenvalue weighted by Gasteiger charge is 2.11. The van der Waals surface area contributed by atoms with Gasteiger partial charge in [-0.25, -0.2) is 4.98 Å². The lowest BCUT2D eigenvalue weighted by molar-refractivity contribution is 0.914. The van der Waals surface area contributed by atoms with Gasteiger partial charge in [-0.3, -0.25) is 0 Å². The molecule has 2 N–H and O–H groups in total. The number of hydrogen-bond donors (Lipinski definition) is 1. The average Bonchev–Trinajstić information content (AvgIpc) is 2.82. The van der Waals surface area contributed by atoms with Crippen molar-refractivity contribution in [2.24, 2.45) is 0 Å². The first-order valence-corrected chi connectivity index (χ1v) is 5.98. The first-order chi connectivity index (χ1) is 8.22. The van der Waals surface area contributed by atoms with Crippen LogP contribution < -0.4 is 10.6 Å². The molecule has 0 spiro atoms. The van der Waals surface area contributed by atoms with Crippen LogP contribution in [0.15, 0.2) is 29.8 Å². The molecule has 0 aromatic carbocycles. The number of anilines is 2. The Kier molecular flexibility index (Phi) is 3.26. The van der Waals surface area contributed by atoms with Crippen LogP contribution in [0.2, 0.25) is 0 Å². The third-order valence-corrected chi connectivity index (χ3v) is 3.29. The molecular formula is C12H12N4S. The minimum atomic E-state index is 0.439. The fourth-order valence-corrected chi connectivity index (χ4v) is 2.33. The van der Waals surface area contributed by atoms with Crippen molar-refractivity contribution >= 4 is 22.8 Å². The molecule has 0 radical (unpaired) electrons. The van der Waals surface area contributed by atoms with Crippen molar-refractivity contribution in [3.8, 4) is 6.07 Å². The first kappa shape index (κ1) is 11.4. The van der Waals surface area contributed by atoms with Gasteiger partial charge >= 0.3 is 0 Å². The molecule has 0 aliphatic carbocycles. The summed E-state index contributed by atoms with van der Waals surface area (Å²) in [6.45, 7) is 0.740. The third kappa shape index (κ3) is 2.37. The number of pyridine rings is 1. The van der Waals surface area contributed by atoms with Crippen molar-refractivity contribution in [3.63, 3.8) is 0 Å². The second-order valence-electron chi connectivity index (χ2n) is 3.64. The smallest absolute Gasteiger partial charge is 0.153 e. The van der Waals surface area contributed by atoms with Gasteiger partial charge < -0.3 is 10.6 Å². The zero-order valence-electron chi connectivity index (χ0n) is 9.42. The average molecular weight is 244 g/mol.